The van der Waals surface area contributed by atoms with Gasteiger partial charge in [0.25, 0.3) is 0 Å². The molecule has 33 heavy (non-hydrogen) atoms. The van der Waals surface area contributed by atoms with Crippen molar-refractivity contribution >= 4 is 17.8 Å². The molecule has 0 aliphatic rings. The number of phenols is 1. The van der Waals surface area contributed by atoms with Crippen LogP contribution in [0.15, 0.2) is 49.6 Å². The Morgan fingerprint density at radius 2 is 1.64 bits per heavy atom. The molecule has 11 heteroatoms. The lowest BCUT2D eigenvalue weighted by atomic mass is 10.0. The number of rotatable bonds is 14. The molecule has 0 fully saturated rings. The summed E-state index contributed by atoms with van der Waals surface area (Å²) in [6.45, 7) is 5.18. The fourth-order valence-corrected chi connectivity index (χ4v) is 2.61. The molecule has 0 spiro atoms. The van der Waals surface area contributed by atoms with Gasteiger partial charge in [-0.05, 0) is 30.5 Å². The lowest BCUT2D eigenvalue weighted by molar-refractivity contribution is -0.149. The second kappa shape index (κ2) is 13.9. The summed E-state index contributed by atoms with van der Waals surface area (Å²) in [6.07, 6.45) is -2.52. The Morgan fingerprint density at radius 1 is 1.03 bits per heavy atom. The van der Waals surface area contributed by atoms with Crippen molar-refractivity contribution in [2.75, 3.05) is 19.8 Å². The highest BCUT2D eigenvalue weighted by molar-refractivity contribution is 5.88. The molecular formula is C22H27F3N2O6. The lowest BCUT2D eigenvalue weighted by Gasteiger charge is -2.23. The Hall–Kier alpha value is -3.34. The maximum Gasteiger partial charge on any atom is 0.401 e. The van der Waals surface area contributed by atoms with Gasteiger partial charge in [-0.15, -0.1) is 0 Å². The Morgan fingerprint density at radius 3 is 2.21 bits per heavy atom. The second-order valence-corrected chi connectivity index (χ2v) is 6.91. The Labute approximate surface area is 189 Å². The fraction of sp³-hybridized carbons (Fsp3) is 0.409. The molecule has 1 amide bonds. The van der Waals surface area contributed by atoms with Crippen LogP contribution in [-0.4, -0.2) is 61.0 Å². The lowest BCUT2D eigenvalue weighted by Crippen LogP contribution is -2.53. The van der Waals surface area contributed by atoms with E-state index >= 15 is 0 Å². The van der Waals surface area contributed by atoms with Gasteiger partial charge in [-0.1, -0.05) is 37.4 Å². The molecule has 0 heterocycles. The van der Waals surface area contributed by atoms with Crippen molar-refractivity contribution in [3.05, 3.63) is 55.1 Å². The van der Waals surface area contributed by atoms with E-state index in [9.17, 15) is 32.7 Å². The first kappa shape index (κ1) is 27.7. The summed E-state index contributed by atoms with van der Waals surface area (Å²) in [6, 6.07) is 2.91. The maximum atomic E-state index is 12.8. The summed E-state index contributed by atoms with van der Waals surface area (Å²) in [5.41, 5.74) is 0.474. The van der Waals surface area contributed by atoms with Gasteiger partial charge in [0.15, 0.2) is 0 Å². The number of halogens is 3. The molecular weight excluding hydrogens is 445 g/mol. The van der Waals surface area contributed by atoms with Crippen molar-refractivity contribution in [2.24, 2.45) is 0 Å². The molecule has 0 aliphatic heterocycles. The number of hydrogen-bond acceptors (Lipinski definition) is 7. The number of aromatic hydroxyl groups is 1. The number of amides is 1. The van der Waals surface area contributed by atoms with Gasteiger partial charge in [0, 0.05) is 6.42 Å². The largest absolute Gasteiger partial charge is 0.508 e. The SMILES string of the molecule is C=CCOC(=O)CCC(NC(=O)C(Cc1ccc(O)cc1)NCC(F)(F)F)C(=O)OCC=C. The van der Waals surface area contributed by atoms with Gasteiger partial charge in [-0.2, -0.15) is 13.2 Å². The van der Waals surface area contributed by atoms with Crippen LogP contribution in [0, 0.1) is 0 Å². The molecule has 1 aromatic carbocycles. The molecule has 0 saturated carbocycles. The number of hydrogen-bond donors (Lipinski definition) is 3. The number of benzene rings is 1. The van der Waals surface area contributed by atoms with Crippen LogP contribution in [0.3, 0.4) is 0 Å². The van der Waals surface area contributed by atoms with Gasteiger partial charge in [-0.3, -0.25) is 14.9 Å². The summed E-state index contributed by atoms with van der Waals surface area (Å²) in [4.78, 5) is 36.8. The monoisotopic (exact) mass is 472 g/mol. The zero-order chi connectivity index (χ0) is 24.9. The second-order valence-electron chi connectivity index (χ2n) is 6.91. The first-order valence-electron chi connectivity index (χ1n) is 9.98. The zero-order valence-corrected chi connectivity index (χ0v) is 17.9. The molecule has 182 valence electrons. The highest BCUT2D eigenvalue weighted by Crippen LogP contribution is 2.15. The van der Waals surface area contributed by atoms with Crippen molar-refractivity contribution in [1.29, 1.82) is 0 Å². The van der Waals surface area contributed by atoms with Crippen LogP contribution in [0.2, 0.25) is 0 Å². The van der Waals surface area contributed by atoms with E-state index in [1.807, 2.05) is 0 Å². The molecule has 1 rings (SSSR count). The molecule has 0 bridgehead atoms. The van der Waals surface area contributed by atoms with Crippen LogP contribution in [-0.2, 0) is 30.3 Å². The number of carbonyl (C=O) groups excluding carboxylic acids is 3. The number of phenolic OH excluding ortho intramolecular Hbond substituents is 1. The van der Waals surface area contributed by atoms with Crippen molar-refractivity contribution in [2.45, 2.75) is 37.5 Å². The predicted octanol–water partition coefficient (Wildman–Crippen LogP) is 2.18. The third-order valence-corrected chi connectivity index (χ3v) is 4.19. The van der Waals surface area contributed by atoms with Crippen LogP contribution in [0.4, 0.5) is 13.2 Å². The van der Waals surface area contributed by atoms with Crippen LogP contribution in [0.25, 0.3) is 0 Å². The third kappa shape index (κ3) is 11.7. The normalized spacial score (nSPS) is 12.8. The zero-order valence-electron chi connectivity index (χ0n) is 17.9. The van der Waals surface area contributed by atoms with E-state index in [0.29, 0.717) is 5.56 Å². The first-order chi connectivity index (χ1) is 15.6. The van der Waals surface area contributed by atoms with Gasteiger partial charge < -0.3 is 19.9 Å². The quantitative estimate of drug-likeness (QED) is 0.281. The summed E-state index contributed by atoms with van der Waals surface area (Å²) >= 11 is 0. The van der Waals surface area contributed by atoms with E-state index in [0.717, 1.165) is 0 Å². The van der Waals surface area contributed by atoms with Crippen molar-refractivity contribution in [3.8, 4) is 5.75 Å². The van der Waals surface area contributed by atoms with Crippen LogP contribution in [0.5, 0.6) is 5.75 Å². The fourth-order valence-electron chi connectivity index (χ4n) is 2.61. The predicted molar refractivity (Wildman–Crippen MR) is 113 cm³/mol. The van der Waals surface area contributed by atoms with Gasteiger partial charge in [0.2, 0.25) is 5.91 Å². The number of carbonyl (C=O) groups is 3. The average Bonchev–Trinajstić information content (AvgIpc) is 2.76. The minimum absolute atomic E-state index is 0.0349. The summed E-state index contributed by atoms with van der Waals surface area (Å²) in [5, 5.41) is 13.9. The molecule has 1 aromatic rings. The topological polar surface area (TPSA) is 114 Å². The standard InChI is InChI=1S/C22H27F3N2O6/c1-3-11-32-19(29)10-9-17(21(31)33-12-4-2)27-20(30)18(26-14-22(23,24)25)13-15-5-7-16(28)8-6-15/h3-8,17-18,26,28H,1-2,9-14H2,(H,27,30). The minimum atomic E-state index is -4.58. The molecule has 0 aliphatic carbocycles. The Balaban J connectivity index is 2.95. The van der Waals surface area contributed by atoms with Gasteiger partial charge in [-0.25, -0.2) is 4.79 Å². The van der Waals surface area contributed by atoms with Gasteiger partial charge in [0.1, 0.15) is 25.0 Å². The van der Waals surface area contributed by atoms with Gasteiger partial charge in [0.05, 0.1) is 12.6 Å². The minimum Gasteiger partial charge on any atom is -0.508 e. The molecule has 0 radical (unpaired) electrons. The van der Waals surface area contributed by atoms with Crippen LogP contribution in [0.1, 0.15) is 18.4 Å². The molecule has 2 unspecified atom stereocenters. The van der Waals surface area contributed by atoms with Crippen molar-refractivity contribution in [3.63, 3.8) is 0 Å². The Bertz CT molecular complexity index is 811. The number of ether oxygens (including phenoxy) is 2. The van der Waals surface area contributed by atoms with Crippen LogP contribution >= 0.6 is 0 Å². The van der Waals surface area contributed by atoms with E-state index in [1.165, 1.54) is 36.4 Å². The molecule has 2 atom stereocenters. The summed E-state index contributed by atoms with van der Waals surface area (Å²) < 4.78 is 48.0. The van der Waals surface area contributed by atoms with Gasteiger partial charge >= 0.3 is 18.1 Å². The van der Waals surface area contributed by atoms with E-state index in [4.69, 9.17) is 9.47 Å². The van der Waals surface area contributed by atoms with E-state index in [1.54, 1.807) is 0 Å². The maximum absolute atomic E-state index is 12.8. The highest BCUT2D eigenvalue weighted by Gasteiger charge is 2.32. The smallest absolute Gasteiger partial charge is 0.401 e. The van der Waals surface area contributed by atoms with Crippen molar-refractivity contribution < 1.29 is 42.1 Å². The molecule has 8 nitrogen and oxygen atoms in total. The van der Waals surface area contributed by atoms with Crippen molar-refractivity contribution in [1.82, 2.24) is 10.6 Å². The summed E-state index contributed by atoms with van der Waals surface area (Å²) in [7, 11) is 0. The molecule has 3 N–H and O–H groups in total. The third-order valence-electron chi connectivity index (χ3n) is 4.19. The highest BCUT2D eigenvalue weighted by atomic mass is 19.4. The van der Waals surface area contributed by atoms with Crippen LogP contribution < -0.4 is 10.6 Å². The number of alkyl halides is 3. The van der Waals surface area contributed by atoms with E-state index in [-0.39, 0.29) is 38.2 Å². The molecule has 0 aromatic heterocycles. The number of nitrogens with one attached hydrogen (secondary N) is 2. The first-order valence-corrected chi connectivity index (χ1v) is 9.98. The van der Waals surface area contributed by atoms with E-state index in [2.05, 4.69) is 23.8 Å². The molecule has 0 saturated heterocycles. The average molecular weight is 472 g/mol. The number of esters is 2. The van der Waals surface area contributed by atoms with E-state index < -0.39 is 42.7 Å². The summed E-state index contributed by atoms with van der Waals surface area (Å²) in [5.74, 6) is -2.47. The Kier molecular flexibility index (Phi) is 11.7.